The molecule has 5 heteroatoms. The highest BCUT2D eigenvalue weighted by atomic mass is 79.9. The van der Waals surface area contributed by atoms with Crippen molar-refractivity contribution in [2.45, 2.75) is 6.42 Å². The summed E-state index contributed by atoms with van der Waals surface area (Å²) in [7, 11) is 0. The van der Waals surface area contributed by atoms with E-state index in [0.29, 0.717) is 6.54 Å². The first kappa shape index (κ1) is 10.3. The van der Waals surface area contributed by atoms with E-state index in [4.69, 9.17) is 5.73 Å². The molecule has 2 aromatic rings. The highest BCUT2D eigenvalue weighted by Gasteiger charge is 2.09. The number of aromatic amines is 1. The molecular formula is C10H11BrN4. The average molecular weight is 267 g/mol. The van der Waals surface area contributed by atoms with Gasteiger partial charge in [0.1, 0.15) is 16.1 Å². The summed E-state index contributed by atoms with van der Waals surface area (Å²) in [4.78, 5) is 11.8. The van der Waals surface area contributed by atoms with Gasteiger partial charge in [-0.25, -0.2) is 4.98 Å². The smallest absolute Gasteiger partial charge is 0.121 e. The van der Waals surface area contributed by atoms with Crippen molar-refractivity contribution >= 4 is 15.9 Å². The van der Waals surface area contributed by atoms with E-state index in [2.05, 4.69) is 30.9 Å². The highest BCUT2D eigenvalue weighted by molar-refractivity contribution is 9.10. The van der Waals surface area contributed by atoms with Gasteiger partial charge in [-0.3, -0.25) is 4.98 Å². The SMILES string of the molecule is NCCc1nc(-c2ccccn2)c(Br)[nH]1. The number of pyridine rings is 1. The van der Waals surface area contributed by atoms with E-state index < -0.39 is 0 Å². The third-order valence-corrected chi connectivity index (χ3v) is 2.57. The number of rotatable bonds is 3. The van der Waals surface area contributed by atoms with Crippen LogP contribution in [0.5, 0.6) is 0 Å². The lowest BCUT2D eigenvalue weighted by atomic mass is 10.3. The van der Waals surface area contributed by atoms with Crippen molar-refractivity contribution < 1.29 is 0 Å². The molecule has 78 valence electrons. The molecule has 0 aliphatic heterocycles. The first-order valence-corrected chi connectivity index (χ1v) is 5.46. The summed E-state index contributed by atoms with van der Waals surface area (Å²) in [5.74, 6) is 0.880. The number of hydrogen-bond acceptors (Lipinski definition) is 3. The maximum absolute atomic E-state index is 5.47. The van der Waals surface area contributed by atoms with E-state index in [-0.39, 0.29) is 0 Å². The Balaban J connectivity index is 2.36. The van der Waals surface area contributed by atoms with E-state index in [0.717, 1.165) is 28.2 Å². The second-order valence-corrected chi connectivity index (χ2v) is 3.89. The van der Waals surface area contributed by atoms with Gasteiger partial charge in [0.05, 0.1) is 5.69 Å². The molecule has 0 fully saturated rings. The Labute approximate surface area is 96.1 Å². The predicted molar refractivity (Wildman–Crippen MR) is 62.3 cm³/mol. The largest absolute Gasteiger partial charge is 0.336 e. The third kappa shape index (κ3) is 2.24. The van der Waals surface area contributed by atoms with Crippen LogP contribution in [-0.4, -0.2) is 21.5 Å². The molecule has 4 nitrogen and oxygen atoms in total. The summed E-state index contributed by atoms with van der Waals surface area (Å²) in [5.41, 5.74) is 7.15. The molecular weight excluding hydrogens is 256 g/mol. The minimum Gasteiger partial charge on any atom is -0.336 e. The first-order valence-electron chi connectivity index (χ1n) is 4.67. The van der Waals surface area contributed by atoms with Crippen LogP contribution in [0, 0.1) is 0 Å². The number of hydrogen-bond donors (Lipinski definition) is 2. The van der Waals surface area contributed by atoms with Gasteiger partial charge < -0.3 is 10.7 Å². The monoisotopic (exact) mass is 266 g/mol. The summed E-state index contributed by atoms with van der Waals surface area (Å²) in [6.07, 6.45) is 2.49. The van der Waals surface area contributed by atoms with E-state index in [9.17, 15) is 0 Å². The van der Waals surface area contributed by atoms with Crippen LogP contribution in [0.2, 0.25) is 0 Å². The maximum Gasteiger partial charge on any atom is 0.121 e. The van der Waals surface area contributed by atoms with Crippen molar-refractivity contribution in [1.29, 1.82) is 0 Å². The molecule has 0 bridgehead atoms. The van der Waals surface area contributed by atoms with Crippen LogP contribution < -0.4 is 5.73 Å². The fourth-order valence-electron chi connectivity index (χ4n) is 1.33. The van der Waals surface area contributed by atoms with E-state index in [1.807, 2.05) is 18.2 Å². The number of halogens is 1. The Morgan fingerprint density at radius 3 is 2.93 bits per heavy atom. The molecule has 0 spiro atoms. The summed E-state index contributed by atoms with van der Waals surface area (Å²) in [6, 6.07) is 5.74. The molecule has 0 aromatic carbocycles. The number of imidazole rings is 1. The average Bonchev–Trinajstić information content (AvgIpc) is 2.61. The van der Waals surface area contributed by atoms with Crippen LogP contribution in [0.15, 0.2) is 29.0 Å². The summed E-state index contributed by atoms with van der Waals surface area (Å²) in [5, 5.41) is 0. The Kier molecular flexibility index (Phi) is 3.13. The van der Waals surface area contributed by atoms with Crippen LogP contribution in [-0.2, 0) is 6.42 Å². The van der Waals surface area contributed by atoms with Crippen molar-refractivity contribution in [2.75, 3.05) is 6.54 Å². The van der Waals surface area contributed by atoms with Crippen LogP contribution in [0.1, 0.15) is 5.82 Å². The van der Waals surface area contributed by atoms with Gasteiger partial charge in [-0.2, -0.15) is 0 Å². The van der Waals surface area contributed by atoms with Gasteiger partial charge in [-0.1, -0.05) is 6.07 Å². The number of aromatic nitrogens is 3. The molecule has 0 saturated heterocycles. The lowest BCUT2D eigenvalue weighted by Crippen LogP contribution is -2.03. The Hall–Kier alpha value is -1.20. The standard InChI is InChI=1S/C10H11BrN4/c11-10-9(7-3-1-2-6-13-7)14-8(15-10)4-5-12/h1-3,6H,4-5,12H2,(H,14,15). The minimum absolute atomic E-state index is 0.585. The van der Waals surface area contributed by atoms with Crippen molar-refractivity contribution in [1.82, 2.24) is 15.0 Å². The molecule has 0 aliphatic rings. The molecule has 0 unspecified atom stereocenters. The summed E-state index contributed by atoms with van der Waals surface area (Å²) >= 11 is 3.42. The Bertz CT molecular complexity index is 438. The van der Waals surface area contributed by atoms with Crippen molar-refractivity contribution in [3.63, 3.8) is 0 Å². The normalized spacial score (nSPS) is 10.5. The molecule has 0 aliphatic carbocycles. The number of nitrogens with two attached hydrogens (primary N) is 1. The lowest BCUT2D eigenvalue weighted by Gasteiger charge is -1.94. The molecule has 0 amide bonds. The molecule has 0 atom stereocenters. The van der Waals surface area contributed by atoms with Gasteiger partial charge in [0.15, 0.2) is 0 Å². The predicted octanol–water partition coefficient (Wildman–Crippen LogP) is 1.74. The second-order valence-electron chi connectivity index (χ2n) is 3.10. The zero-order valence-corrected chi connectivity index (χ0v) is 9.66. The van der Waals surface area contributed by atoms with E-state index in [1.54, 1.807) is 6.20 Å². The Morgan fingerprint density at radius 2 is 2.27 bits per heavy atom. The quantitative estimate of drug-likeness (QED) is 0.890. The van der Waals surface area contributed by atoms with Gasteiger partial charge >= 0.3 is 0 Å². The molecule has 15 heavy (non-hydrogen) atoms. The lowest BCUT2D eigenvalue weighted by molar-refractivity contribution is 0.893. The zero-order valence-electron chi connectivity index (χ0n) is 8.07. The number of H-pyrrole nitrogens is 1. The zero-order chi connectivity index (χ0) is 10.7. The number of nitrogens with one attached hydrogen (secondary N) is 1. The second kappa shape index (κ2) is 4.55. The number of nitrogens with zero attached hydrogens (tertiary/aromatic N) is 2. The summed E-state index contributed by atoms with van der Waals surface area (Å²) in [6.45, 7) is 0.585. The van der Waals surface area contributed by atoms with E-state index >= 15 is 0 Å². The van der Waals surface area contributed by atoms with Gasteiger partial charge in [0.25, 0.3) is 0 Å². The van der Waals surface area contributed by atoms with Crippen LogP contribution in [0.25, 0.3) is 11.4 Å². The van der Waals surface area contributed by atoms with Gasteiger partial charge in [0.2, 0.25) is 0 Å². The molecule has 0 radical (unpaired) electrons. The third-order valence-electron chi connectivity index (χ3n) is 2.00. The highest BCUT2D eigenvalue weighted by Crippen LogP contribution is 2.23. The molecule has 3 N–H and O–H groups in total. The Morgan fingerprint density at radius 1 is 1.40 bits per heavy atom. The van der Waals surface area contributed by atoms with Gasteiger partial charge in [-0.05, 0) is 34.6 Å². The van der Waals surface area contributed by atoms with Gasteiger partial charge in [-0.15, -0.1) is 0 Å². The maximum atomic E-state index is 5.47. The topological polar surface area (TPSA) is 67.6 Å². The van der Waals surface area contributed by atoms with Crippen molar-refractivity contribution in [3.8, 4) is 11.4 Å². The van der Waals surface area contributed by atoms with Gasteiger partial charge in [0, 0.05) is 12.6 Å². The van der Waals surface area contributed by atoms with Crippen LogP contribution in [0.3, 0.4) is 0 Å². The van der Waals surface area contributed by atoms with Crippen molar-refractivity contribution in [2.24, 2.45) is 5.73 Å². The first-order chi connectivity index (χ1) is 7.31. The molecule has 2 rings (SSSR count). The van der Waals surface area contributed by atoms with E-state index in [1.165, 1.54) is 0 Å². The molecule has 2 aromatic heterocycles. The summed E-state index contributed by atoms with van der Waals surface area (Å²) < 4.78 is 0.852. The van der Waals surface area contributed by atoms with Crippen LogP contribution >= 0.6 is 15.9 Å². The molecule has 2 heterocycles. The fraction of sp³-hybridized carbons (Fsp3) is 0.200. The molecule has 0 saturated carbocycles. The van der Waals surface area contributed by atoms with Crippen LogP contribution in [0.4, 0.5) is 0 Å². The van der Waals surface area contributed by atoms with Crippen molar-refractivity contribution in [3.05, 3.63) is 34.8 Å². The minimum atomic E-state index is 0.585. The fourth-order valence-corrected chi connectivity index (χ4v) is 1.85.